The minimum atomic E-state index is -0.560. The molecule has 0 fully saturated rings. The Labute approximate surface area is 67.8 Å². The van der Waals surface area contributed by atoms with Gasteiger partial charge in [0.05, 0.1) is 0 Å². The predicted octanol–water partition coefficient (Wildman–Crippen LogP) is 0.293. The van der Waals surface area contributed by atoms with Crippen LogP contribution in [0.4, 0.5) is 0 Å². The van der Waals surface area contributed by atoms with Gasteiger partial charge in [0, 0.05) is 0 Å². The van der Waals surface area contributed by atoms with Gasteiger partial charge in [-0.05, 0) is 0 Å². The van der Waals surface area contributed by atoms with Gasteiger partial charge in [-0.25, -0.2) is 0 Å². The van der Waals surface area contributed by atoms with Gasteiger partial charge >= 0.3 is 67.2 Å². The molecule has 0 N–H and O–H groups in total. The predicted molar refractivity (Wildman–Crippen MR) is 37.2 cm³/mol. The SMILES string of the molecule is Cc1nn[se]c1C(=O)N=[N+]=[N-]. The summed E-state index contributed by atoms with van der Waals surface area (Å²) in [5, 5.41) is 6.59. The van der Waals surface area contributed by atoms with Crippen LogP contribution in [0.1, 0.15) is 14.9 Å². The van der Waals surface area contributed by atoms with Gasteiger partial charge in [0.2, 0.25) is 0 Å². The first-order valence-electron chi connectivity index (χ1n) is 2.64. The Hall–Kier alpha value is -1.16. The van der Waals surface area contributed by atoms with Crippen LogP contribution >= 0.6 is 0 Å². The van der Waals surface area contributed by atoms with Crippen LogP contribution in [-0.4, -0.2) is 29.8 Å². The van der Waals surface area contributed by atoms with E-state index >= 15 is 0 Å². The van der Waals surface area contributed by atoms with Crippen molar-refractivity contribution >= 4 is 20.6 Å². The number of hydrogen-bond acceptors (Lipinski definition) is 3. The van der Waals surface area contributed by atoms with Gasteiger partial charge < -0.3 is 0 Å². The average Bonchev–Trinajstić information content (AvgIpc) is 2.36. The van der Waals surface area contributed by atoms with Crippen molar-refractivity contribution in [1.82, 2.24) is 9.19 Å². The van der Waals surface area contributed by atoms with E-state index in [-0.39, 0.29) is 14.7 Å². The van der Waals surface area contributed by atoms with E-state index in [1.807, 2.05) is 0 Å². The third-order valence-electron chi connectivity index (χ3n) is 0.981. The van der Waals surface area contributed by atoms with E-state index in [1.165, 1.54) is 0 Å². The van der Waals surface area contributed by atoms with Crippen molar-refractivity contribution in [3.05, 3.63) is 20.6 Å². The first-order chi connectivity index (χ1) is 5.25. The quantitative estimate of drug-likeness (QED) is 0.292. The van der Waals surface area contributed by atoms with Crippen molar-refractivity contribution in [2.45, 2.75) is 6.92 Å². The number of aromatic nitrogens is 2. The molecule has 0 saturated heterocycles. The van der Waals surface area contributed by atoms with Crippen molar-refractivity contribution in [2.24, 2.45) is 5.11 Å². The molecular formula is C4H3N5OSe. The molecule has 1 heterocycles. The molecular weight excluding hydrogens is 213 g/mol. The zero-order chi connectivity index (χ0) is 8.27. The van der Waals surface area contributed by atoms with Crippen molar-refractivity contribution in [1.29, 1.82) is 0 Å². The Morgan fingerprint density at radius 1 is 1.82 bits per heavy atom. The number of nitrogens with zero attached hydrogens (tertiary/aromatic N) is 5. The van der Waals surface area contributed by atoms with Gasteiger partial charge in [0.25, 0.3) is 0 Å². The van der Waals surface area contributed by atoms with E-state index in [1.54, 1.807) is 6.92 Å². The van der Waals surface area contributed by atoms with Crippen LogP contribution in [0.25, 0.3) is 10.4 Å². The molecule has 0 unspecified atom stereocenters. The van der Waals surface area contributed by atoms with Crippen LogP contribution in [0.3, 0.4) is 0 Å². The van der Waals surface area contributed by atoms with Crippen LogP contribution in [-0.2, 0) is 0 Å². The summed E-state index contributed by atoms with van der Waals surface area (Å²) in [5.74, 6) is -0.560. The molecule has 1 rings (SSSR count). The Balaban J connectivity index is 3.02. The summed E-state index contributed by atoms with van der Waals surface area (Å²) in [6, 6.07) is 0. The summed E-state index contributed by atoms with van der Waals surface area (Å²) >= 11 is -0.296. The maximum absolute atomic E-state index is 10.9. The summed E-state index contributed by atoms with van der Waals surface area (Å²) in [7, 11) is 0. The zero-order valence-corrected chi connectivity index (χ0v) is 7.27. The Bertz CT molecular complexity index is 325. The van der Waals surface area contributed by atoms with Crippen molar-refractivity contribution in [3.8, 4) is 0 Å². The number of rotatable bonds is 1. The standard InChI is InChI=1S/C4H3N5OSe/c1-2-3(11-9-6-2)4(10)7-8-5/h1H3. The van der Waals surface area contributed by atoms with Gasteiger partial charge in [-0.15, -0.1) is 0 Å². The summed E-state index contributed by atoms with van der Waals surface area (Å²) < 4.78 is 4.10. The molecule has 11 heavy (non-hydrogen) atoms. The molecule has 1 aromatic rings. The number of aryl methyl sites for hydroxylation is 1. The molecule has 0 atom stereocenters. The van der Waals surface area contributed by atoms with Crippen LogP contribution in [0.15, 0.2) is 5.11 Å². The number of carbonyl (C=O) groups is 1. The van der Waals surface area contributed by atoms with Gasteiger partial charge in [-0.1, -0.05) is 0 Å². The van der Waals surface area contributed by atoms with Crippen molar-refractivity contribution in [3.63, 3.8) is 0 Å². The van der Waals surface area contributed by atoms with Crippen LogP contribution in [0.2, 0.25) is 0 Å². The van der Waals surface area contributed by atoms with E-state index < -0.39 is 5.91 Å². The molecule has 1 amide bonds. The molecule has 0 radical (unpaired) electrons. The van der Waals surface area contributed by atoms with E-state index in [2.05, 4.69) is 19.2 Å². The molecule has 0 aliphatic heterocycles. The fraction of sp³-hybridized carbons (Fsp3) is 0.250. The summed E-state index contributed by atoms with van der Waals surface area (Å²) in [5.41, 5.74) is 8.50. The molecule has 1 aromatic heterocycles. The van der Waals surface area contributed by atoms with Crippen LogP contribution < -0.4 is 0 Å². The van der Waals surface area contributed by atoms with Gasteiger partial charge in [-0.3, -0.25) is 0 Å². The number of amides is 1. The fourth-order valence-corrected chi connectivity index (χ4v) is 1.64. The Kier molecular flexibility index (Phi) is 2.38. The van der Waals surface area contributed by atoms with E-state index in [0.29, 0.717) is 10.1 Å². The van der Waals surface area contributed by atoms with Crippen molar-refractivity contribution < 1.29 is 4.79 Å². The van der Waals surface area contributed by atoms with Crippen LogP contribution in [0.5, 0.6) is 0 Å². The van der Waals surface area contributed by atoms with Crippen LogP contribution in [0, 0.1) is 6.92 Å². The Morgan fingerprint density at radius 2 is 2.55 bits per heavy atom. The summed E-state index contributed by atoms with van der Waals surface area (Å²) in [4.78, 5) is 13.3. The maximum atomic E-state index is 10.9. The molecule has 6 nitrogen and oxygen atoms in total. The van der Waals surface area contributed by atoms with Gasteiger partial charge in [0.1, 0.15) is 0 Å². The molecule has 7 heteroatoms. The average molecular weight is 216 g/mol. The van der Waals surface area contributed by atoms with E-state index in [9.17, 15) is 4.79 Å². The summed E-state index contributed by atoms with van der Waals surface area (Å²) in [6.07, 6.45) is 0. The minimum absolute atomic E-state index is 0.296. The number of azide groups is 1. The first-order valence-corrected chi connectivity index (χ1v) is 4.26. The van der Waals surface area contributed by atoms with E-state index in [4.69, 9.17) is 5.53 Å². The second-order valence-corrected chi connectivity index (χ2v) is 3.26. The number of carbonyl (C=O) groups excluding carboxylic acids is 1. The fourth-order valence-electron chi connectivity index (χ4n) is 0.514. The first kappa shape index (κ1) is 7.94. The molecule has 56 valence electrons. The third-order valence-corrected chi connectivity index (χ3v) is 2.69. The van der Waals surface area contributed by atoms with Crippen molar-refractivity contribution in [2.75, 3.05) is 0 Å². The zero-order valence-electron chi connectivity index (χ0n) is 5.55. The normalized spacial score (nSPS) is 8.82. The van der Waals surface area contributed by atoms with Gasteiger partial charge in [0.15, 0.2) is 0 Å². The second kappa shape index (κ2) is 3.30. The molecule has 0 aliphatic rings. The van der Waals surface area contributed by atoms with Gasteiger partial charge in [-0.2, -0.15) is 0 Å². The van der Waals surface area contributed by atoms with E-state index in [0.717, 1.165) is 0 Å². The molecule has 0 aromatic carbocycles. The molecule has 0 saturated carbocycles. The third kappa shape index (κ3) is 1.65. The monoisotopic (exact) mass is 217 g/mol. The second-order valence-electron chi connectivity index (χ2n) is 1.68. The molecule has 0 aliphatic carbocycles. The molecule has 0 bridgehead atoms. The molecule has 0 spiro atoms. The Morgan fingerprint density at radius 3 is 3.00 bits per heavy atom. The number of hydrogen-bond donors (Lipinski definition) is 0. The topological polar surface area (TPSA) is 91.6 Å². The summed E-state index contributed by atoms with van der Waals surface area (Å²) in [6.45, 7) is 1.67.